The van der Waals surface area contributed by atoms with Crippen LogP contribution in [0.15, 0.2) is 5.16 Å². The van der Waals surface area contributed by atoms with Gasteiger partial charge in [-0.15, -0.1) is 0 Å². The predicted molar refractivity (Wildman–Crippen MR) is 72.2 cm³/mol. The molecule has 0 unspecified atom stereocenters. The van der Waals surface area contributed by atoms with Gasteiger partial charge in [0.15, 0.2) is 5.78 Å². The summed E-state index contributed by atoms with van der Waals surface area (Å²) in [6, 6.07) is 0. The number of ketones is 2. The van der Waals surface area contributed by atoms with E-state index in [1.54, 1.807) is 6.92 Å². The van der Waals surface area contributed by atoms with Gasteiger partial charge in [0.2, 0.25) is 0 Å². The molecular weight excluding hydrogens is 262 g/mol. The van der Waals surface area contributed by atoms with Gasteiger partial charge in [0.25, 0.3) is 0 Å². The molecule has 0 aromatic heterocycles. The Morgan fingerprint density at radius 2 is 2.05 bits per heavy atom. The first kappa shape index (κ1) is 16.3. The Morgan fingerprint density at radius 3 is 2.60 bits per heavy atom. The minimum absolute atomic E-state index is 0.186. The molecule has 6 heteroatoms. The first-order chi connectivity index (χ1) is 9.56. The first-order valence-corrected chi connectivity index (χ1v) is 6.89. The molecule has 20 heavy (non-hydrogen) atoms. The molecule has 0 radical (unpaired) electrons. The van der Waals surface area contributed by atoms with Crippen molar-refractivity contribution in [3.05, 3.63) is 0 Å². The van der Waals surface area contributed by atoms with Crippen LogP contribution in [-0.4, -0.2) is 37.0 Å². The van der Waals surface area contributed by atoms with E-state index in [0.29, 0.717) is 18.7 Å². The number of nitrogens with zero attached hydrogens (tertiary/aromatic N) is 1. The maximum Gasteiger partial charge on any atom is 0.316 e. The van der Waals surface area contributed by atoms with E-state index in [9.17, 15) is 14.4 Å². The maximum atomic E-state index is 12.4. The third kappa shape index (κ3) is 3.65. The zero-order chi connectivity index (χ0) is 15.1. The molecule has 0 aromatic rings. The Hall–Kier alpha value is -1.72. The van der Waals surface area contributed by atoms with Gasteiger partial charge in [-0.1, -0.05) is 18.5 Å². The maximum absolute atomic E-state index is 12.4. The quantitative estimate of drug-likeness (QED) is 0.319. The van der Waals surface area contributed by atoms with E-state index in [2.05, 4.69) is 9.89 Å². The van der Waals surface area contributed by atoms with Crippen molar-refractivity contribution in [2.24, 2.45) is 17.0 Å². The molecule has 6 nitrogen and oxygen atoms in total. The van der Waals surface area contributed by atoms with Gasteiger partial charge in [-0.2, -0.15) is 0 Å². The average molecular weight is 283 g/mol. The van der Waals surface area contributed by atoms with Crippen molar-refractivity contribution in [3.63, 3.8) is 0 Å². The van der Waals surface area contributed by atoms with Gasteiger partial charge in [-0.05, 0) is 19.8 Å². The third-order valence-corrected chi connectivity index (χ3v) is 3.27. The molecule has 1 aliphatic rings. The molecule has 1 rings (SSSR count). The molecule has 0 aromatic carbocycles. The number of hydrogen-bond acceptors (Lipinski definition) is 6. The normalized spacial score (nSPS) is 23.6. The molecule has 0 heterocycles. The van der Waals surface area contributed by atoms with Gasteiger partial charge in [0.1, 0.15) is 24.2 Å². The summed E-state index contributed by atoms with van der Waals surface area (Å²) in [7, 11) is 1.24. The largest absolute Gasteiger partial charge is 0.468 e. The van der Waals surface area contributed by atoms with Crippen molar-refractivity contribution in [3.8, 4) is 0 Å². The molecule has 0 amide bonds. The SMILES string of the molecule is CCC/C(=N/OCC)[C@H]1C(=O)CC[C@H](C(=O)OC)C1=O. The highest BCUT2D eigenvalue weighted by Gasteiger charge is 2.43. The van der Waals surface area contributed by atoms with Crippen LogP contribution in [0.1, 0.15) is 39.5 Å². The topological polar surface area (TPSA) is 82.0 Å². The van der Waals surface area contributed by atoms with Crippen LogP contribution < -0.4 is 0 Å². The van der Waals surface area contributed by atoms with E-state index in [-0.39, 0.29) is 18.6 Å². The van der Waals surface area contributed by atoms with Crippen LogP contribution in [0.4, 0.5) is 0 Å². The first-order valence-electron chi connectivity index (χ1n) is 6.89. The monoisotopic (exact) mass is 283 g/mol. The Balaban J connectivity index is 3.00. The fourth-order valence-corrected chi connectivity index (χ4v) is 2.31. The van der Waals surface area contributed by atoms with Crippen molar-refractivity contribution in [1.82, 2.24) is 0 Å². The molecular formula is C14H21NO5. The summed E-state index contributed by atoms with van der Waals surface area (Å²) in [4.78, 5) is 41.0. The van der Waals surface area contributed by atoms with Crippen molar-refractivity contribution in [1.29, 1.82) is 0 Å². The van der Waals surface area contributed by atoms with Crippen molar-refractivity contribution < 1.29 is 24.0 Å². The zero-order valence-electron chi connectivity index (χ0n) is 12.2. The molecule has 2 atom stereocenters. The summed E-state index contributed by atoms with van der Waals surface area (Å²) in [6.45, 7) is 4.06. The minimum atomic E-state index is -0.959. The molecule has 1 aliphatic carbocycles. The van der Waals surface area contributed by atoms with Crippen LogP contribution in [0.3, 0.4) is 0 Å². The van der Waals surface area contributed by atoms with Gasteiger partial charge >= 0.3 is 5.97 Å². The number of methoxy groups -OCH3 is 1. The lowest BCUT2D eigenvalue weighted by atomic mass is 9.76. The molecule has 0 spiro atoms. The van der Waals surface area contributed by atoms with Crippen LogP contribution in [0.2, 0.25) is 0 Å². The number of esters is 1. The highest BCUT2D eigenvalue weighted by molar-refractivity contribution is 6.25. The number of rotatable bonds is 6. The van der Waals surface area contributed by atoms with Gasteiger partial charge in [0.05, 0.1) is 12.8 Å². The average Bonchev–Trinajstić information content (AvgIpc) is 2.44. The van der Waals surface area contributed by atoms with E-state index in [0.717, 1.165) is 6.42 Å². The van der Waals surface area contributed by atoms with Gasteiger partial charge in [-0.3, -0.25) is 14.4 Å². The summed E-state index contributed by atoms with van der Waals surface area (Å²) in [6.07, 6.45) is 1.64. The number of carbonyl (C=O) groups is 3. The lowest BCUT2D eigenvalue weighted by Gasteiger charge is -2.25. The van der Waals surface area contributed by atoms with Crippen molar-refractivity contribution in [2.75, 3.05) is 13.7 Å². The Kier molecular flexibility index (Phi) is 6.35. The van der Waals surface area contributed by atoms with Crippen LogP contribution in [0.25, 0.3) is 0 Å². The summed E-state index contributed by atoms with van der Waals surface area (Å²) >= 11 is 0. The summed E-state index contributed by atoms with van der Waals surface area (Å²) < 4.78 is 4.62. The molecule has 112 valence electrons. The number of ether oxygens (including phenoxy) is 1. The minimum Gasteiger partial charge on any atom is -0.468 e. The highest BCUT2D eigenvalue weighted by atomic mass is 16.6. The van der Waals surface area contributed by atoms with Crippen LogP contribution in [0.5, 0.6) is 0 Å². The standard InChI is InChI=1S/C14H21NO5/c1-4-6-10(15-20-5-2)12-11(16)8-7-9(13(12)17)14(18)19-3/h9,12H,4-8H2,1-3H3/b15-10-/t9-,12-/m0/s1. The highest BCUT2D eigenvalue weighted by Crippen LogP contribution is 2.26. The molecule has 1 fully saturated rings. The van der Waals surface area contributed by atoms with Crippen LogP contribution >= 0.6 is 0 Å². The van der Waals surface area contributed by atoms with Gasteiger partial charge in [0, 0.05) is 6.42 Å². The van der Waals surface area contributed by atoms with Crippen molar-refractivity contribution in [2.45, 2.75) is 39.5 Å². The van der Waals surface area contributed by atoms with E-state index < -0.39 is 23.6 Å². The Morgan fingerprint density at radius 1 is 1.35 bits per heavy atom. The van der Waals surface area contributed by atoms with Gasteiger partial charge < -0.3 is 9.57 Å². The molecule has 0 saturated heterocycles. The second-order valence-corrected chi connectivity index (χ2v) is 4.67. The molecule has 0 bridgehead atoms. The van der Waals surface area contributed by atoms with Crippen molar-refractivity contribution >= 4 is 23.2 Å². The fourth-order valence-electron chi connectivity index (χ4n) is 2.31. The van der Waals surface area contributed by atoms with Crippen LogP contribution in [0, 0.1) is 11.8 Å². The Bertz CT molecular complexity index is 416. The number of oxime groups is 1. The summed E-state index contributed by atoms with van der Waals surface area (Å²) in [5, 5.41) is 3.90. The Labute approximate surface area is 118 Å². The smallest absolute Gasteiger partial charge is 0.316 e. The molecule has 0 aliphatic heterocycles. The number of hydrogen-bond donors (Lipinski definition) is 0. The second kappa shape index (κ2) is 7.77. The third-order valence-electron chi connectivity index (χ3n) is 3.27. The predicted octanol–water partition coefficient (Wildman–Crippen LogP) is 1.52. The second-order valence-electron chi connectivity index (χ2n) is 4.67. The molecule has 0 N–H and O–H groups in total. The lowest BCUT2D eigenvalue weighted by Crippen LogP contribution is -2.43. The number of carbonyl (C=O) groups excluding carboxylic acids is 3. The van der Waals surface area contributed by atoms with E-state index in [1.165, 1.54) is 7.11 Å². The summed E-state index contributed by atoms with van der Waals surface area (Å²) in [5.74, 6) is -3.02. The van der Waals surface area contributed by atoms with E-state index in [1.807, 2.05) is 6.92 Å². The fraction of sp³-hybridized carbons (Fsp3) is 0.714. The van der Waals surface area contributed by atoms with E-state index in [4.69, 9.17) is 4.84 Å². The lowest BCUT2D eigenvalue weighted by molar-refractivity contribution is -0.152. The number of Topliss-reactive ketones (excluding diaryl/α,β-unsaturated/α-hetero) is 2. The van der Waals surface area contributed by atoms with Gasteiger partial charge in [-0.25, -0.2) is 0 Å². The van der Waals surface area contributed by atoms with E-state index >= 15 is 0 Å². The molecule has 1 saturated carbocycles. The summed E-state index contributed by atoms with van der Waals surface area (Å²) in [5.41, 5.74) is 0.415. The zero-order valence-corrected chi connectivity index (χ0v) is 12.2. The van der Waals surface area contributed by atoms with Crippen LogP contribution in [-0.2, 0) is 24.0 Å².